The zero-order valence-corrected chi connectivity index (χ0v) is 16.2. The van der Waals surface area contributed by atoms with E-state index in [9.17, 15) is 4.79 Å². The standard InChI is InChI=1S/C22H23N3O3/c1-14-11-19(27-2)20(28-3)13-17(14)23-22-24-21(26)12-16-9-10-18(25(16)22)15-7-5-4-6-8-15/h4-8,11-13,18H,9-10H2,1-3H3,(H,23,24,26). The van der Waals surface area contributed by atoms with Crippen LogP contribution >= 0.6 is 0 Å². The zero-order chi connectivity index (χ0) is 19.7. The second-order valence-electron chi connectivity index (χ2n) is 6.89. The molecule has 0 saturated heterocycles. The Balaban J connectivity index is 1.79. The van der Waals surface area contributed by atoms with Crippen LogP contribution in [0.3, 0.4) is 0 Å². The van der Waals surface area contributed by atoms with Crippen molar-refractivity contribution < 1.29 is 9.47 Å². The Morgan fingerprint density at radius 2 is 1.79 bits per heavy atom. The number of anilines is 2. The van der Waals surface area contributed by atoms with Gasteiger partial charge in [-0.1, -0.05) is 30.3 Å². The molecule has 0 fully saturated rings. The minimum atomic E-state index is -0.236. The van der Waals surface area contributed by atoms with E-state index in [2.05, 4.69) is 27.0 Å². The van der Waals surface area contributed by atoms with Crippen molar-refractivity contribution in [3.8, 4) is 11.5 Å². The van der Waals surface area contributed by atoms with E-state index in [1.165, 1.54) is 5.56 Å². The highest BCUT2D eigenvalue weighted by atomic mass is 16.5. The highest BCUT2D eigenvalue weighted by molar-refractivity contribution is 5.65. The summed E-state index contributed by atoms with van der Waals surface area (Å²) < 4.78 is 12.9. The van der Waals surface area contributed by atoms with Crippen molar-refractivity contribution in [1.82, 2.24) is 9.55 Å². The molecular weight excluding hydrogens is 354 g/mol. The largest absolute Gasteiger partial charge is 0.493 e. The third-order valence-electron chi connectivity index (χ3n) is 5.19. The number of aromatic nitrogens is 2. The van der Waals surface area contributed by atoms with Crippen molar-refractivity contribution in [2.75, 3.05) is 19.5 Å². The summed E-state index contributed by atoms with van der Waals surface area (Å²) in [4.78, 5) is 16.5. The molecule has 0 saturated carbocycles. The lowest BCUT2D eigenvalue weighted by atomic mass is 10.1. The number of aryl methyl sites for hydroxylation is 2. The summed E-state index contributed by atoms with van der Waals surface area (Å²) in [6.45, 7) is 1.98. The van der Waals surface area contributed by atoms with E-state index in [4.69, 9.17) is 9.47 Å². The molecule has 1 aliphatic heterocycles. The van der Waals surface area contributed by atoms with Crippen molar-refractivity contribution >= 4 is 11.6 Å². The molecule has 0 spiro atoms. The third-order valence-corrected chi connectivity index (χ3v) is 5.19. The highest BCUT2D eigenvalue weighted by Gasteiger charge is 2.26. The van der Waals surface area contributed by atoms with Gasteiger partial charge in [0, 0.05) is 23.5 Å². The summed E-state index contributed by atoms with van der Waals surface area (Å²) in [5, 5.41) is 3.36. The quantitative estimate of drug-likeness (QED) is 0.732. The van der Waals surface area contributed by atoms with Gasteiger partial charge in [-0.05, 0) is 37.0 Å². The Hall–Kier alpha value is -3.28. The van der Waals surface area contributed by atoms with Crippen LogP contribution in [0.4, 0.5) is 11.6 Å². The number of hydrogen-bond acceptors (Lipinski definition) is 5. The van der Waals surface area contributed by atoms with Crippen molar-refractivity contribution in [1.29, 1.82) is 0 Å². The Kier molecular flexibility index (Phi) is 4.77. The van der Waals surface area contributed by atoms with E-state index in [0.29, 0.717) is 17.4 Å². The molecule has 0 aliphatic carbocycles. The second-order valence-corrected chi connectivity index (χ2v) is 6.89. The summed E-state index contributed by atoms with van der Waals surface area (Å²) in [5.41, 5.74) is 3.76. The monoisotopic (exact) mass is 377 g/mol. The number of rotatable bonds is 5. The van der Waals surface area contributed by atoms with Crippen molar-refractivity contribution in [2.24, 2.45) is 0 Å². The predicted molar refractivity (Wildman–Crippen MR) is 109 cm³/mol. The van der Waals surface area contributed by atoms with Gasteiger partial charge in [0.1, 0.15) is 0 Å². The van der Waals surface area contributed by atoms with E-state index < -0.39 is 0 Å². The summed E-state index contributed by atoms with van der Waals surface area (Å²) in [6.07, 6.45) is 1.78. The van der Waals surface area contributed by atoms with Crippen molar-refractivity contribution in [3.05, 3.63) is 75.7 Å². The van der Waals surface area contributed by atoms with E-state index in [0.717, 1.165) is 29.8 Å². The van der Waals surface area contributed by atoms with Crippen LogP contribution in [-0.4, -0.2) is 23.8 Å². The maximum Gasteiger partial charge on any atom is 0.274 e. The molecular formula is C22H23N3O3. The van der Waals surface area contributed by atoms with Gasteiger partial charge < -0.3 is 19.4 Å². The van der Waals surface area contributed by atoms with Gasteiger partial charge in [0.15, 0.2) is 11.5 Å². The topological polar surface area (TPSA) is 65.4 Å². The van der Waals surface area contributed by atoms with E-state index in [-0.39, 0.29) is 11.6 Å². The molecule has 0 radical (unpaired) electrons. The average Bonchev–Trinajstić information content (AvgIpc) is 3.13. The molecule has 1 N–H and O–H groups in total. The van der Waals surface area contributed by atoms with Crippen LogP contribution in [0.15, 0.2) is 53.3 Å². The van der Waals surface area contributed by atoms with E-state index in [1.54, 1.807) is 20.3 Å². The van der Waals surface area contributed by atoms with Crippen LogP contribution in [0.5, 0.6) is 11.5 Å². The zero-order valence-electron chi connectivity index (χ0n) is 16.2. The maximum absolute atomic E-state index is 12.2. The average molecular weight is 377 g/mol. The molecule has 6 nitrogen and oxygen atoms in total. The van der Waals surface area contributed by atoms with Gasteiger partial charge >= 0.3 is 0 Å². The summed E-state index contributed by atoms with van der Waals surface area (Å²) in [5.74, 6) is 1.83. The molecule has 1 unspecified atom stereocenters. The lowest BCUT2D eigenvalue weighted by Crippen LogP contribution is -2.19. The fraction of sp³-hybridized carbons (Fsp3) is 0.273. The maximum atomic E-state index is 12.2. The molecule has 28 heavy (non-hydrogen) atoms. The Labute approximate surface area is 163 Å². The van der Waals surface area contributed by atoms with Crippen LogP contribution in [-0.2, 0) is 6.42 Å². The van der Waals surface area contributed by atoms with Crippen molar-refractivity contribution in [2.45, 2.75) is 25.8 Å². The minimum absolute atomic E-state index is 0.146. The fourth-order valence-corrected chi connectivity index (χ4v) is 3.81. The molecule has 6 heteroatoms. The van der Waals surface area contributed by atoms with Gasteiger partial charge in [-0.25, -0.2) is 0 Å². The SMILES string of the molecule is COc1cc(C)c(Nc2nc(=O)cc3n2C(c2ccccc2)CC3)cc1OC. The first-order valence-electron chi connectivity index (χ1n) is 9.27. The van der Waals surface area contributed by atoms with Crippen LogP contribution in [0.25, 0.3) is 0 Å². The first-order valence-corrected chi connectivity index (χ1v) is 9.27. The lowest BCUT2D eigenvalue weighted by Gasteiger charge is -2.21. The molecule has 1 atom stereocenters. The van der Waals surface area contributed by atoms with E-state index in [1.807, 2.05) is 37.3 Å². The first-order chi connectivity index (χ1) is 13.6. The minimum Gasteiger partial charge on any atom is -0.493 e. The van der Waals surface area contributed by atoms with Gasteiger partial charge in [0.25, 0.3) is 5.56 Å². The fourth-order valence-electron chi connectivity index (χ4n) is 3.81. The van der Waals surface area contributed by atoms with Crippen molar-refractivity contribution in [3.63, 3.8) is 0 Å². The number of nitrogens with one attached hydrogen (secondary N) is 1. The van der Waals surface area contributed by atoms with Crippen LogP contribution in [0.2, 0.25) is 0 Å². The smallest absolute Gasteiger partial charge is 0.274 e. The van der Waals surface area contributed by atoms with Crippen LogP contribution in [0.1, 0.15) is 29.3 Å². The molecule has 4 rings (SSSR count). The van der Waals surface area contributed by atoms with Gasteiger partial charge in [-0.2, -0.15) is 4.98 Å². The number of ether oxygens (including phenoxy) is 2. The molecule has 1 aromatic heterocycles. The summed E-state index contributed by atoms with van der Waals surface area (Å²) in [7, 11) is 3.21. The first kappa shape index (κ1) is 18.1. The molecule has 0 bridgehead atoms. The summed E-state index contributed by atoms with van der Waals surface area (Å²) in [6, 6.07) is 15.9. The summed E-state index contributed by atoms with van der Waals surface area (Å²) >= 11 is 0. The molecule has 3 aromatic rings. The lowest BCUT2D eigenvalue weighted by molar-refractivity contribution is 0.355. The number of methoxy groups -OCH3 is 2. The normalized spacial score (nSPS) is 15.2. The third kappa shape index (κ3) is 3.22. The molecule has 2 heterocycles. The molecule has 1 aliphatic rings. The van der Waals surface area contributed by atoms with Gasteiger partial charge in [0.2, 0.25) is 5.95 Å². The van der Waals surface area contributed by atoms with Crippen LogP contribution in [0, 0.1) is 6.92 Å². The van der Waals surface area contributed by atoms with E-state index >= 15 is 0 Å². The second kappa shape index (κ2) is 7.38. The molecule has 2 aromatic carbocycles. The van der Waals surface area contributed by atoms with Gasteiger partial charge in [-0.3, -0.25) is 4.79 Å². The Morgan fingerprint density at radius 3 is 2.50 bits per heavy atom. The predicted octanol–water partition coefficient (Wildman–Crippen LogP) is 3.85. The highest BCUT2D eigenvalue weighted by Crippen LogP contribution is 2.37. The number of fused-ring (bicyclic) bond motifs is 1. The van der Waals surface area contributed by atoms with Gasteiger partial charge in [-0.15, -0.1) is 0 Å². The van der Waals surface area contributed by atoms with Gasteiger partial charge in [0.05, 0.1) is 20.3 Å². The molecule has 0 amide bonds. The Bertz CT molecular complexity index is 1060. The van der Waals surface area contributed by atoms with Crippen LogP contribution < -0.4 is 20.3 Å². The number of nitrogens with zero attached hydrogens (tertiary/aromatic N) is 2. The number of benzene rings is 2. The molecule has 144 valence electrons. The Morgan fingerprint density at radius 1 is 1.07 bits per heavy atom. The number of hydrogen-bond donors (Lipinski definition) is 1.